The maximum atomic E-state index is 12.0. The van der Waals surface area contributed by atoms with Gasteiger partial charge < -0.3 is 11.1 Å². The van der Waals surface area contributed by atoms with E-state index in [1.807, 2.05) is 31.2 Å². The molecular formula is C14H14ClN3O. The summed E-state index contributed by atoms with van der Waals surface area (Å²) in [6.07, 6.45) is 1.55. The number of anilines is 1. The number of halogens is 1. The van der Waals surface area contributed by atoms with Crippen LogP contribution >= 0.6 is 11.6 Å². The van der Waals surface area contributed by atoms with Crippen LogP contribution in [0, 0.1) is 6.92 Å². The summed E-state index contributed by atoms with van der Waals surface area (Å²) in [6, 6.07) is 10.1. The summed E-state index contributed by atoms with van der Waals surface area (Å²) in [7, 11) is 0. The minimum Gasteiger partial charge on any atom is -0.316 e. The number of aryl methyl sites for hydroxylation is 1. The van der Waals surface area contributed by atoms with Crippen molar-refractivity contribution in [3.05, 3.63) is 58.7 Å². The summed E-state index contributed by atoms with van der Waals surface area (Å²) >= 11 is 5.92. The van der Waals surface area contributed by atoms with Gasteiger partial charge in [-0.3, -0.25) is 4.79 Å². The van der Waals surface area contributed by atoms with Gasteiger partial charge in [-0.05, 0) is 24.6 Å². The molecule has 19 heavy (non-hydrogen) atoms. The summed E-state index contributed by atoms with van der Waals surface area (Å²) in [5.74, 6) is -0.0267. The molecule has 0 saturated heterocycles. The molecule has 0 radical (unpaired) electrons. The third kappa shape index (κ3) is 3.30. The minimum atomic E-state index is -0.751. The van der Waals surface area contributed by atoms with Crippen LogP contribution in [0.25, 0.3) is 0 Å². The Kier molecular flexibility index (Phi) is 4.14. The van der Waals surface area contributed by atoms with Gasteiger partial charge in [0, 0.05) is 6.20 Å². The average molecular weight is 276 g/mol. The van der Waals surface area contributed by atoms with E-state index in [2.05, 4.69) is 10.3 Å². The Bertz CT molecular complexity index is 583. The second-order valence-corrected chi connectivity index (χ2v) is 4.62. The van der Waals surface area contributed by atoms with Crippen LogP contribution in [-0.2, 0) is 4.79 Å². The van der Waals surface area contributed by atoms with Gasteiger partial charge in [0.2, 0.25) is 5.91 Å². The molecule has 1 aromatic heterocycles. The van der Waals surface area contributed by atoms with E-state index in [-0.39, 0.29) is 5.91 Å². The van der Waals surface area contributed by atoms with E-state index in [0.29, 0.717) is 10.8 Å². The summed E-state index contributed by atoms with van der Waals surface area (Å²) in [5, 5.41) is 3.00. The van der Waals surface area contributed by atoms with Crippen LogP contribution in [0.4, 0.5) is 5.82 Å². The first kappa shape index (κ1) is 13.5. The number of benzene rings is 1. The summed E-state index contributed by atoms with van der Waals surface area (Å²) < 4.78 is 0. The molecular weight excluding hydrogens is 262 g/mol. The summed E-state index contributed by atoms with van der Waals surface area (Å²) in [6.45, 7) is 1.98. The highest BCUT2D eigenvalue weighted by molar-refractivity contribution is 6.33. The fraction of sp³-hybridized carbons (Fsp3) is 0.143. The number of carbonyl (C=O) groups is 1. The van der Waals surface area contributed by atoms with Crippen LogP contribution in [0.3, 0.4) is 0 Å². The number of hydrogen-bond acceptors (Lipinski definition) is 3. The maximum Gasteiger partial charge on any atom is 0.247 e. The molecule has 1 aromatic carbocycles. The lowest BCUT2D eigenvalue weighted by molar-refractivity contribution is -0.117. The van der Waals surface area contributed by atoms with E-state index in [0.717, 1.165) is 11.1 Å². The molecule has 0 bridgehead atoms. The minimum absolute atomic E-state index is 0.316. The fourth-order valence-corrected chi connectivity index (χ4v) is 1.77. The van der Waals surface area contributed by atoms with Crippen LogP contribution in [0.15, 0.2) is 42.6 Å². The quantitative estimate of drug-likeness (QED) is 0.905. The fourth-order valence-electron chi connectivity index (χ4n) is 1.60. The van der Waals surface area contributed by atoms with Crippen molar-refractivity contribution in [3.63, 3.8) is 0 Å². The van der Waals surface area contributed by atoms with E-state index >= 15 is 0 Å². The molecule has 3 N–H and O–H groups in total. The van der Waals surface area contributed by atoms with Gasteiger partial charge in [0.1, 0.15) is 6.04 Å². The van der Waals surface area contributed by atoms with Gasteiger partial charge in [-0.15, -0.1) is 0 Å². The molecule has 0 saturated carbocycles. The normalized spacial score (nSPS) is 11.9. The van der Waals surface area contributed by atoms with E-state index in [1.165, 1.54) is 0 Å². The molecule has 98 valence electrons. The first-order valence-electron chi connectivity index (χ1n) is 5.81. The Morgan fingerprint density at radius 2 is 2.00 bits per heavy atom. The number of pyridine rings is 1. The Morgan fingerprint density at radius 3 is 2.63 bits per heavy atom. The largest absolute Gasteiger partial charge is 0.316 e. The molecule has 0 aliphatic heterocycles. The number of carbonyl (C=O) groups excluding carboxylic acids is 1. The van der Waals surface area contributed by atoms with E-state index in [1.54, 1.807) is 18.3 Å². The maximum absolute atomic E-state index is 12.0. The molecule has 0 aliphatic carbocycles. The standard InChI is InChI=1S/C14H14ClN3O/c1-9-4-6-10(7-5-9)12(16)14(19)18-13-11(15)3-2-8-17-13/h2-8,12H,16H2,1H3,(H,17,18,19). The smallest absolute Gasteiger partial charge is 0.247 e. The molecule has 1 heterocycles. The van der Waals surface area contributed by atoms with Crippen molar-refractivity contribution in [1.82, 2.24) is 4.98 Å². The summed E-state index contributed by atoms with van der Waals surface area (Å²) in [5.41, 5.74) is 7.76. The van der Waals surface area contributed by atoms with Gasteiger partial charge in [0.15, 0.2) is 5.82 Å². The van der Waals surface area contributed by atoms with Gasteiger partial charge in [-0.25, -0.2) is 4.98 Å². The lowest BCUT2D eigenvalue weighted by Crippen LogP contribution is -2.28. The SMILES string of the molecule is Cc1ccc(C(N)C(=O)Nc2ncccc2Cl)cc1. The van der Waals surface area contributed by atoms with Crippen LogP contribution in [0.1, 0.15) is 17.2 Å². The Labute approximate surface area is 116 Å². The number of nitrogens with two attached hydrogens (primary N) is 1. The van der Waals surface area contributed by atoms with Crippen molar-refractivity contribution in [1.29, 1.82) is 0 Å². The van der Waals surface area contributed by atoms with Crippen LogP contribution in [0.2, 0.25) is 5.02 Å². The predicted octanol–water partition coefficient (Wildman–Crippen LogP) is 2.68. The zero-order valence-electron chi connectivity index (χ0n) is 10.4. The third-order valence-corrected chi connectivity index (χ3v) is 3.02. The van der Waals surface area contributed by atoms with Crippen molar-refractivity contribution in [2.24, 2.45) is 5.73 Å². The van der Waals surface area contributed by atoms with E-state index in [4.69, 9.17) is 17.3 Å². The Hall–Kier alpha value is -1.91. The number of rotatable bonds is 3. The van der Waals surface area contributed by atoms with E-state index < -0.39 is 6.04 Å². The highest BCUT2D eigenvalue weighted by atomic mass is 35.5. The second kappa shape index (κ2) is 5.82. The van der Waals surface area contributed by atoms with E-state index in [9.17, 15) is 4.79 Å². The number of hydrogen-bond donors (Lipinski definition) is 2. The first-order chi connectivity index (χ1) is 9.08. The van der Waals surface area contributed by atoms with Gasteiger partial charge in [0.05, 0.1) is 5.02 Å². The molecule has 4 nitrogen and oxygen atoms in total. The molecule has 0 spiro atoms. The highest BCUT2D eigenvalue weighted by Crippen LogP contribution is 2.19. The number of nitrogens with one attached hydrogen (secondary N) is 1. The number of nitrogens with zero attached hydrogens (tertiary/aromatic N) is 1. The Balaban J connectivity index is 2.12. The van der Waals surface area contributed by atoms with Gasteiger partial charge in [0.25, 0.3) is 0 Å². The molecule has 2 rings (SSSR count). The van der Waals surface area contributed by atoms with Crippen molar-refractivity contribution < 1.29 is 4.79 Å². The molecule has 0 aliphatic rings. The monoisotopic (exact) mass is 275 g/mol. The predicted molar refractivity (Wildman–Crippen MR) is 76.0 cm³/mol. The highest BCUT2D eigenvalue weighted by Gasteiger charge is 2.17. The van der Waals surface area contributed by atoms with Crippen LogP contribution in [-0.4, -0.2) is 10.9 Å². The molecule has 0 fully saturated rings. The van der Waals surface area contributed by atoms with Crippen LogP contribution in [0.5, 0.6) is 0 Å². The third-order valence-electron chi connectivity index (χ3n) is 2.72. The topological polar surface area (TPSA) is 68.0 Å². The molecule has 2 aromatic rings. The van der Waals surface area contributed by atoms with Crippen molar-refractivity contribution >= 4 is 23.3 Å². The second-order valence-electron chi connectivity index (χ2n) is 4.21. The van der Waals surface area contributed by atoms with Gasteiger partial charge >= 0.3 is 0 Å². The first-order valence-corrected chi connectivity index (χ1v) is 6.19. The van der Waals surface area contributed by atoms with Crippen molar-refractivity contribution in [2.75, 3.05) is 5.32 Å². The van der Waals surface area contributed by atoms with Crippen molar-refractivity contribution in [2.45, 2.75) is 13.0 Å². The lowest BCUT2D eigenvalue weighted by Gasteiger charge is -2.13. The van der Waals surface area contributed by atoms with Crippen LogP contribution < -0.4 is 11.1 Å². The molecule has 5 heteroatoms. The summed E-state index contributed by atoms with van der Waals surface area (Å²) in [4.78, 5) is 16.0. The average Bonchev–Trinajstić information content (AvgIpc) is 2.41. The van der Waals surface area contributed by atoms with Gasteiger partial charge in [-0.2, -0.15) is 0 Å². The molecule has 1 atom stereocenters. The number of amides is 1. The lowest BCUT2D eigenvalue weighted by atomic mass is 10.1. The zero-order chi connectivity index (χ0) is 13.8. The van der Waals surface area contributed by atoms with Gasteiger partial charge in [-0.1, -0.05) is 41.4 Å². The molecule has 1 amide bonds. The Morgan fingerprint density at radius 1 is 1.32 bits per heavy atom. The molecule has 1 unspecified atom stereocenters. The van der Waals surface area contributed by atoms with Crippen molar-refractivity contribution in [3.8, 4) is 0 Å². The number of aromatic nitrogens is 1. The zero-order valence-corrected chi connectivity index (χ0v) is 11.2.